The van der Waals surface area contributed by atoms with E-state index < -0.39 is 0 Å². The molecule has 0 aliphatic heterocycles. The number of nitrogen functional groups attached to an aromatic ring is 1. The summed E-state index contributed by atoms with van der Waals surface area (Å²) < 4.78 is 0. The smallest absolute Gasteiger partial charge is 0.227 e. The van der Waals surface area contributed by atoms with Gasteiger partial charge in [0.2, 0.25) is 11.2 Å². The van der Waals surface area contributed by atoms with E-state index in [0.717, 1.165) is 5.69 Å². The SMILES string of the molecule is Cc1cccc(-c2nc(N)nc(Cl)n2)n1. The first-order valence-corrected chi connectivity index (χ1v) is 4.64. The molecule has 15 heavy (non-hydrogen) atoms. The molecule has 0 radical (unpaired) electrons. The van der Waals surface area contributed by atoms with E-state index in [1.165, 1.54) is 0 Å². The lowest BCUT2D eigenvalue weighted by atomic mass is 10.3. The summed E-state index contributed by atoms with van der Waals surface area (Å²) in [5.74, 6) is 0.476. The molecule has 2 N–H and O–H groups in total. The highest BCUT2D eigenvalue weighted by atomic mass is 35.5. The zero-order valence-electron chi connectivity index (χ0n) is 7.98. The lowest BCUT2D eigenvalue weighted by Gasteiger charge is -2.01. The number of aromatic nitrogens is 4. The standard InChI is InChI=1S/C9H8ClN5/c1-5-3-2-4-6(12-5)7-13-8(10)15-9(11)14-7/h2-4H,1H3,(H2,11,13,14,15). The summed E-state index contributed by atoms with van der Waals surface area (Å²) in [5, 5.41) is 0.0702. The summed E-state index contributed by atoms with van der Waals surface area (Å²) in [7, 11) is 0. The van der Waals surface area contributed by atoms with Crippen molar-refractivity contribution in [3.63, 3.8) is 0 Å². The van der Waals surface area contributed by atoms with Crippen LogP contribution in [0.5, 0.6) is 0 Å². The second kappa shape index (κ2) is 3.78. The Morgan fingerprint density at radius 3 is 2.60 bits per heavy atom. The van der Waals surface area contributed by atoms with Crippen LogP contribution >= 0.6 is 11.6 Å². The van der Waals surface area contributed by atoms with E-state index in [4.69, 9.17) is 17.3 Å². The molecule has 0 spiro atoms. The molecule has 0 saturated heterocycles. The van der Waals surface area contributed by atoms with Crippen LogP contribution in [0.15, 0.2) is 18.2 Å². The Kier molecular flexibility index (Phi) is 2.47. The number of anilines is 1. The maximum atomic E-state index is 5.67. The van der Waals surface area contributed by atoms with Crippen molar-refractivity contribution >= 4 is 17.5 Å². The molecule has 6 heteroatoms. The first kappa shape index (κ1) is 9.79. The van der Waals surface area contributed by atoms with Crippen LogP contribution in [0.25, 0.3) is 11.5 Å². The van der Waals surface area contributed by atoms with Crippen LogP contribution in [-0.2, 0) is 0 Å². The van der Waals surface area contributed by atoms with Gasteiger partial charge in [0.05, 0.1) is 0 Å². The predicted molar refractivity (Wildman–Crippen MR) is 57.2 cm³/mol. The van der Waals surface area contributed by atoms with Gasteiger partial charge < -0.3 is 5.73 Å². The molecule has 0 aliphatic rings. The number of hydrogen-bond donors (Lipinski definition) is 1. The highest BCUT2D eigenvalue weighted by Gasteiger charge is 2.06. The van der Waals surface area contributed by atoms with Gasteiger partial charge in [0.1, 0.15) is 5.69 Å². The van der Waals surface area contributed by atoms with Gasteiger partial charge in [0.15, 0.2) is 5.82 Å². The number of nitrogens with zero attached hydrogens (tertiary/aromatic N) is 4. The summed E-state index contributed by atoms with van der Waals surface area (Å²) in [4.78, 5) is 15.8. The van der Waals surface area contributed by atoms with Crippen molar-refractivity contribution in [3.05, 3.63) is 29.2 Å². The Morgan fingerprint density at radius 1 is 1.13 bits per heavy atom. The van der Waals surface area contributed by atoms with Crippen molar-refractivity contribution in [1.82, 2.24) is 19.9 Å². The molecular formula is C9H8ClN5. The number of pyridine rings is 1. The average Bonchev–Trinajstić information content (AvgIpc) is 2.16. The minimum atomic E-state index is 0.0702. The van der Waals surface area contributed by atoms with E-state index in [2.05, 4.69) is 19.9 Å². The zero-order chi connectivity index (χ0) is 10.8. The van der Waals surface area contributed by atoms with E-state index >= 15 is 0 Å². The maximum absolute atomic E-state index is 5.67. The molecule has 76 valence electrons. The first-order chi connectivity index (χ1) is 7.15. The number of aryl methyl sites for hydroxylation is 1. The van der Waals surface area contributed by atoms with Crippen LogP contribution in [0, 0.1) is 6.92 Å². The third-order valence-electron chi connectivity index (χ3n) is 1.74. The van der Waals surface area contributed by atoms with E-state index in [-0.39, 0.29) is 11.2 Å². The van der Waals surface area contributed by atoms with Crippen molar-refractivity contribution in [1.29, 1.82) is 0 Å². The third kappa shape index (κ3) is 2.19. The maximum Gasteiger partial charge on any atom is 0.227 e. The fourth-order valence-corrected chi connectivity index (χ4v) is 1.31. The largest absolute Gasteiger partial charge is 0.368 e. The van der Waals surface area contributed by atoms with E-state index in [9.17, 15) is 0 Å². The minimum Gasteiger partial charge on any atom is -0.368 e. The molecule has 0 bridgehead atoms. The Bertz CT molecular complexity index is 479. The van der Waals surface area contributed by atoms with Gasteiger partial charge >= 0.3 is 0 Å². The highest BCUT2D eigenvalue weighted by Crippen LogP contribution is 2.14. The summed E-state index contributed by atoms with van der Waals surface area (Å²) in [6, 6.07) is 5.54. The van der Waals surface area contributed by atoms with Crippen LogP contribution in [0.2, 0.25) is 5.28 Å². The molecule has 0 aliphatic carbocycles. The molecule has 5 nitrogen and oxygen atoms in total. The molecule has 0 unspecified atom stereocenters. The van der Waals surface area contributed by atoms with Crippen molar-refractivity contribution < 1.29 is 0 Å². The number of rotatable bonds is 1. The molecule has 0 amide bonds. The quantitative estimate of drug-likeness (QED) is 0.789. The van der Waals surface area contributed by atoms with Crippen LogP contribution in [0.1, 0.15) is 5.69 Å². The highest BCUT2D eigenvalue weighted by molar-refractivity contribution is 6.28. The van der Waals surface area contributed by atoms with Gasteiger partial charge in [-0.05, 0) is 30.7 Å². The molecule has 2 rings (SSSR count). The summed E-state index contributed by atoms with van der Waals surface area (Å²) in [6.07, 6.45) is 0. The van der Waals surface area contributed by atoms with Crippen molar-refractivity contribution in [3.8, 4) is 11.5 Å². The Labute approximate surface area is 91.4 Å². The molecule has 2 aromatic rings. The summed E-state index contributed by atoms with van der Waals surface area (Å²) in [5.41, 5.74) is 6.97. The molecule has 2 aromatic heterocycles. The van der Waals surface area contributed by atoms with Gasteiger partial charge in [0.25, 0.3) is 0 Å². The van der Waals surface area contributed by atoms with E-state index in [1.807, 2.05) is 19.1 Å². The van der Waals surface area contributed by atoms with Gasteiger partial charge in [-0.15, -0.1) is 0 Å². The van der Waals surface area contributed by atoms with Gasteiger partial charge in [0, 0.05) is 5.69 Å². The first-order valence-electron chi connectivity index (χ1n) is 4.26. The van der Waals surface area contributed by atoms with Crippen molar-refractivity contribution in [2.75, 3.05) is 5.73 Å². The molecule has 2 heterocycles. The van der Waals surface area contributed by atoms with Gasteiger partial charge in [-0.25, -0.2) is 4.98 Å². The normalized spacial score (nSPS) is 10.3. The predicted octanol–water partition coefficient (Wildman–Crippen LogP) is 1.48. The second-order valence-corrected chi connectivity index (χ2v) is 3.29. The summed E-state index contributed by atoms with van der Waals surface area (Å²) in [6.45, 7) is 1.88. The van der Waals surface area contributed by atoms with Gasteiger partial charge in [-0.1, -0.05) is 6.07 Å². The fraction of sp³-hybridized carbons (Fsp3) is 0.111. The number of hydrogen-bond acceptors (Lipinski definition) is 5. The van der Waals surface area contributed by atoms with Crippen molar-refractivity contribution in [2.45, 2.75) is 6.92 Å². The molecule has 0 fully saturated rings. The third-order valence-corrected chi connectivity index (χ3v) is 1.91. The topological polar surface area (TPSA) is 77.6 Å². The lowest BCUT2D eigenvalue weighted by molar-refractivity contribution is 1.05. The van der Waals surface area contributed by atoms with E-state index in [1.54, 1.807) is 6.07 Å². The van der Waals surface area contributed by atoms with Crippen LogP contribution < -0.4 is 5.73 Å². The zero-order valence-corrected chi connectivity index (χ0v) is 8.73. The van der Waals surface area contributed by atoms with Crippen LogP contribution in [-0.4, -0.2) is 19.9 Å². The second-order valence-electron chi connectivity index (χ2n) is 2.95. The Morgan fingerprint density at radius 2 is 1.93 bits per heavy atom. The van der Waals surface area contributed by atoms with Gasteiger partial charge in [-0.2, -0.15) is 15.0 Å². The molecule has 0 aromatic carbocycles. The van der Waals surface area contributed by atoms with Crippen molar-refractivity contribution in [2.24, 2.45) is 0 Å². The minimum absolute atomic E-state index is 0.0702. The Balaban J connectivity index is 2.54. The average molecular weight is 222 g/mol. The number of nitrogens with two attached hydrogens (primary N) is 1. The lowest BCUT2D eigenvalue weighted by Crippen LogP contribution is -2.01. The van der Waals surface area contributed by atoms with Crippen LogP contribution in [0.3, 0.4) is 0 Å². The molecule has 0 saturated carbocycles. The van der Waals surface area contributed by atoms with E-state index in [0.29, 0.717) is 11.5 Å². The summed E-state index contributed by atoms with van der Waals surface area (Å²) >= 11 is 5.67. The fourth-order valence-electron chi connectivity index (χ4n) is 1.15. The molecular weight excluding hydrogens is 214 g/mol. The Hall–Kier alpha value is -1.75. The van der Waals surface area contributed by atoms with Crippen LogP contribution in [0.4, 0.5) is 5.95 Å². The monoisotopic (exact) mass is 221 g/mol. The number of halogens is 1. The van der Waals surface area contributed by atoms with Gasteiger partial charge in [-0.3, -0.25) is 0 Å². The molecule has 0 atom stereocenters.